The van der Waals surface area contributed by atoms with Crippen molar-refractivity contribution in [1.29, 1.82) is 0 Å². The fourth-order valence-corrected chi connectivity index (χ4v) is 4.16. The van der Waals surface area contributed by atoms with Crippen LogP contribution in [-0.4, -0.2) is 30.1 Å². The Labute approximate surface area is 207 Å². The summed E-state index contributed by atoms with van der Waals surface area (Å²) in [4.78, 5) is 37.8. The number of carbonyl (C=O) groups is 3. The lowest BCUT2D eigenvalue weighted by molar-refractivity contribution is -0.147. The Hall–Kier alpha value is -3.35. The second-order valence-electron chi connectivity index (χ2n) is 9.00. The van der Waals surface area contributed by atoms with Gasteiger partial charge < -0.3 is 20.1 Å². The molecule has 1 aliphatic rings. The number of carbonyl (C=O) groups excluding carboxylic acids is 3. The van der Waals surface area contributed by atoms with E-state index in [1.165, 1.54) is 19.3 Å². The average molecular weight is 481 g/mol. The van der Waals surface area contributed by atoms with Gasteiger partial charge in [0.2, 0.25) is 5.91 Å². The highest BCUT2D eigenvalue weighted by Gasteiger charge is 2.25. The number of ether oxygens (including phenoxy) is 2. The maximum Gasteiger partial charge on any atom is 0.408 e. The van der Waals surface area contributed by atoms with E-state index < -0.39 is 18.1 Å². The molecule has 1 aliphatic carbocycles. The van der Waals surface area contributed by atoms with Gasteiger partial charge in [0, 0.05) is 12.5 Å². The fourth-order valence-electron chi connectivity index (χ4n) is 4.16. The van der Waals surface area contributed by atoms with Gasteiger partial charge in [-0.3, -0.25) is 4.79 Å². The number of benzene rings is 2. The highest BCUT2D eigenvalue weighted by Crippen LogP contribution is 2.17. The molecule has 0 radical (unpaired) electrons. The van der Waals surface area contributed by atoms with Crippen molar-refractivity contribution in [3.63, 3.8) is 0 Å². The summed E-state index contributed by atoms with van der Waals surface area (Å²) in [5.41, 5.74) is 1.68. The number of hydrogen-bond donors (Lipinski definition) is 2. The third-order valence-electron chi connectivity index (χ3n) is 6.14. The van der Waals surface area contributed by atoms with Gasteiger partial charge in [-0.15, -0.1) is 0 Å². The van der Waals surface area contributed by atoms with Crippen LogP contribution in [0.2, 0.25) is 0 Å². The van der Waals surface area contributed by atoms with Crippen LogP contribution in [0.5, 0.6) is 0 Å². The Bertz CT molecular complexity index is 911. The first kappa shape index (κ1) is 26.3. The van der Waals surface area contributed by atoms with Gasteiger partial charge in [-0.2, -0.15) is 0 Å². The molecule has 3 rings (SSSR count). The quantitative estimate of drug-likeness (QED) is 0.465. The van der Waals surface area contributed by atoms with Crippen LogP contribution >= 0.6 is 0 Å². The Morgan fingerprint density at radius 2 is 1.31 bits per heavy atom. The highest BCUT2D eigenvalue weighted by molar-refractivity contribution is 5.83. The summed E-state index contributed by atoms with van der Waals surface area (Å²) in [6.45, 7) is 0.172. The number of esters is 1. The van der Waals surface area contributed by atoms with E-state index in [0.717, 1.165) is 36.8 Å². The van der Waals surface area contributed by atoms with Gasteiger partial charge in [0.1, 0.15) is 19.3 Å². The Morgan fingerprint density at radius 1 is 0.771 bits per heavy atom. The summed E-state index contributed by atoms with van der Waals surface area (Å²) in [5.74, 6) is -0.708. The third kappa shape index (κ3) is 10.2. The molecule has 0 spiro atoms. The Morgan fingerprint density at radius 3 is 1.91 bits per heavy atom. The summed E-state index contributed by atoms with van der Waals surface area (Å²) in [6, 6.07) is 17.8. The Kier molecular flexibility index (Phi) is 11.1. The fraction of sp³-hybridized carbons (Fsp3) is 0.464. The van der Waals surface area contributed by atoms with Gasteiger partial charge in [0.15, 0.2) is 0 Å². The zero-order valence-electron chi connectivity index (χ0n) is 20.2. The van der Waals surface area contributed by atoms with Crippen molar-refractivity contribution in [2.45, 2.75) is 83.1 Å². The van der Waals surface area contributed by atoms with Crippen LogP contribution in [0, 0.1) is 0 Å². The van der Waals surface area contributed by atoms with Gasteiger partial charge in [-0.25, -0.2) is 9.59 Å². The number of nitrogens with one attached hydrogen (secondary N) is 2. The lowest BCUT2D eigenvalue weighted by Crippen LogP contribution is -2.43. The van der Waals surface area contributed by atoms with Crippen molar-refractivity contribution in [2.24, 2.45) is 0 Å². The maximum absolute atomic E-state index is 12.8. The smallest absolute Gasteiger partial charge is 0.408 e. The molecule has 188 valence electrons. The van der Waals surface area contributed by atoms with E-state index in [0.29, 0.717) is 0 Å². The molecule has 2 amide bonds. The van der Waals surface area contributed by atoms with E-state index in [-0.39, 0.29) is 38.0 Å². The molecule has 1 atom stereocenters. The van der Waals surface area contributed by atoms with Gasteiger partial charge in [-0.05, 0) is 30.4 Å². The summed E-state index contributed by atoms with van der Waals surface area (Å²) in [6.07, 6.45) is 7.40. The minimum absolute atomic E-state index is 0.0840. The van der Waals surface area contributed by atoms with Crippen molar-refractivity contribution in [1.82, 2.24) is 10.6 Å². The number of amides is 2. The summed E-state index contributed by atoms with van der Waals surface area (Å²) in [5, 5.41) is 5.69. The summed E-state index contributed by atoms with van der Waals surface area (Å²) < 4.78 is 10.7. The first-order valence-electron chi connectivity index (χ1n) is 12.6. The van der Waals surface area contributed by atoms with Crippen LogP contribution in [0.15, 0.2) is 60.7 Å². The van der Waals surface area contributed by atoms with Gasteiger partial charge in [0.05, 0.1) is 0 Å². The number of rotatable bonds is 10. The molecule has 0 aliphatic heterocycles. The zero-order chi connectivity index (χ0) is 24.7. The van der Waals surface area contributed by atoms with Crippen LogP contribution in [0.1, 0.15) is 68.9 Å². The van der Waals surface area contributed by atoms with Crippen LogP contribution in [0.4, 0.5) is 4.79 Å². The second-order valence-corrected chi connectivity index (χ2v) is 9.00. The van der Waals surface area contributed by atoms with Gasteiger partial charge in [0.25, 0.3) is 0 Å². The van der Waals surface area contributed by atoms with Crippen molar-refractivity contribution in [3.05, 3.63) is 71.8 Å². The molecule has 2 aromatic carbocycles. The first-order valence-corrected chi connectivity index (χ1v) is 12.6. The van der Waals surface area contributed by atoms with Crippen molar-refractivity contribution < 1.29 is 23.9 Å². The molecule has 35 heavy (non-hydrogen) atoms. The number of hydrogen-bond acceptors (Lipinski definition) is 5. The molecular formula is C28H36N2O5. The molecule has 0 saturated heterocycles. The highest BCUT2D eigenvalue weighted by atomic mass is 16.6. The molecule has 7 nitrogen and oxygen atoms in total. The lowest BCUT2D eigenvalue weighted by Gasteiger charge is -2.22. The molecule has 1 saturated carbocycles. The van der Waals surface area contributed by atoms with Gasteiger partial charge in [-0.1, -0.05) is 92.8 Å². The molecule has 2 N–H and O–H groups in total. The van der Waals surface area contributed by atoms with Crippen molar-refractivity contribution >= 4 is 18.0 Å². The third-order valence-corrected chi connectivity index (χ3v) is 6.14. The number of alkyl carbamates (subject to hydrolysis) is 1. The predicted octanol–water partition coefficient (Wildman–Crippen LogP) is 5.03. The van der Waals surface area contributed by atoms with E-state index in [4.69, 9.17) is 9.47 Å². The van der Waals surface area contributed by atoms with Crippen LogP contribution in [0.25, 0.3) is 0 Å². The van der Waals surface area contributed by atoms with Crippen LogP contribution < -0.4 is 10.6 Å². The lowest BCUT2D eigenvalue weighted by atomic mass is 9.96. The first-order chi connectivity index (χ1) is 17.1. The van der Waals surface area contributed by atoms with E-state index in [1.54, 1.807) is 0 Å². The normalized spacial score (nSPS) is 15.2. The summed E-state index contributed by atoms with van der Waals surface area (Å²) in [7, 11) is 0. The van der Waals surface area contributed by atoms with Crippen LogP contribution in [-0.2, 0) is 32.3 Å². The minimum atomic E-state index is -0.981. The topological polar surface area (TPSA) is 93.7 Å². The molecule has 0 heterocycles. The second kappa shape index (κ2) is 14.8. The largest absolute Gasteiger partial charge is 0.459 e. The van der Waals surface area contributed by atoms with Crippen LogP contribution in [0.3, 0.4) is 0 Å². The molecule has 0 unspecified atom stereocenters. The van der Waals surface area contributed by atoms with Crippen molar-refractivity contribution in [3.8, 4) is 0 Å². The monoisotopic (exact) mass is 480 g/mol. The molecule has 7 heteroatoms. The van der Waals surface area contributed by atoms with E-state index in [1.807, 2.05) is 60.7 Å². The van der Waals surface area contributed by atoms with Crippen molar-refractivity contribution in [2.75, 3.05) is 0 Å². The molecular weight excluding hydrogens is 444 g/mol. The maximum atomic E-state index is 12.8. The standard InChI is InChI=1S/C28H36N2O5/c31-26(29-24-16-10-2-1-3-11-17-24)19-18-25(27(32)34-20-22-12-6-4-7-13-22)30-28(33)35-21-23-14-8-5-9-15-23/h4-9,12-15,24-25H,1-3,10-11,16-21H2,(H,29,31)(H,30,33)/t25-/m0/s1. The SMILES string of the molecule is O=C(CC[C@H](NC(=O)OCc1ccccc1)C(=O)OCc1ccccc1)NC1CCCCCCC1. The zero-order valence-corrected chi connectivity index (χ0v) is 20.2. The molecule has 2 aromatic rings. The van der Waals surface area contributed by atoms with E-state index in [9.17, 15) is 14.4 Å². The van der Waals surface area contributed by atoms with E-state index >= 15 is 0 Å². The molecule has 1 fully saturated rings. The van der Waals surface area contributed by atoms with Gasteiger partial charge >= 0.3 is 12.1 Å². The Balaban J connectivity index is 1.52. The van der Waals surface area contributed by atoms with E-state index in [2.05, 4.69) is 10.6 Å². The molecule has 0 bridgehead atoms. The average Bonchev–Trinajstić information content (AvgIpc) is 2.86. The summed E-state index contributed by atoms with van der Waals surface area (Å²) >= 11 is 0. The molecule has 0 aromatic heterocycles. The predicted molar refractivity (Wildman–Crippen MR) is 133 cm³/mol. The minimum Gasteiger partial charge on any atom is -0.459 e.